The molecule has 1 rings (SSSR count). The Bertz CT molecular complexity index is 342. The number of hydrogen-bond acceptors (Lipinski definition) is 3. The molecule has 2 N–H and O–H groups in total. The molecule has 0 saturated carbocycles. The molecule has 1 aromatic rings. The Morgan fingerprint density at radius 3 is 2.20 bits per heavy atom. The van der Waals surface area contributed by atoms with Crippen molar-refractivity contribution >= 4 is 8.60 Å². The van der Waals surface area contributed by atoms with Crippen LogP contribution in [0.4, 0.5) is 0 Å². The van der Waals surface area contributed by atoms with E-state index in [0.29, 0.717) is 5.75 Å². The first-order chi connectivity index (χ1) is 6.80. The zero-order chi connectivity index (χ0) is 11.6. The summed E-state index contributed by atoms with van der Waals surface area (Å²) in [5.74, 6) is 0.527. The van der Waals surface area contributed by atoms with Gasteiger partial charge in [0.1, 0.15) is 5.75 Å². The van der Waals surface area contributed by atoms with Gasteiger partial charge in [-0.3, -0.25) is 0 Å². The molecule has 4 heteroatoms. The molecule has 0 aromatic heterocycles. The first-order valence-corrected chi connectivity index (χ1v) is 5.94. The molecule has 0 spiro atoms. The summed E-state index contributed by atoms with van der Waals surface area (Å²) in [4.78, 5) is 17.5. The molecule has 0 amide bonds. The Morgan fingerprint density at radius 1 is 1.20 bits per heavy atom. The van der Waals surface area contributed by atoms with E-state index in [-0.39, 0.29) is 5.41 Å². The third kappa shape index (κ3) is 3.45. The van der Waals surface area contributed by atoms with E-state index in [2.05, 4.69) is 20.8 Å². The van der Waals surface area contributed by atoms with Crippen molar-refractivity contribution in [2.24, 2.45) is 0 Å². The maximum absolute atomic E-state index is 8.76. The third-order valence-electron chi connectivity index (χ3n) is 2.22. The summed E-state index contributed by atoms with van der Waals surface area (Å²) in [5.41, 5.74) is 2.21. The Kier molecular flexibility index (Phi) is 3.72. The lowest BCUT2D eigenvalue weighted by Gasteiger charge is -2.20. The number of hydrogen-bond donors (Lipinski definition) is 2. The number of aryl methyl sites for hydroxylation is 1. The smallest absolute Gasteiger partial charge is 0.391 e. The highest BCUT2D eigenvalue weighted by Crippen LogP contribution is 2.33. The molecule has 0 atom stereocenters. The SMILES string of the molecule is Cc1cc(C(C)(C)C)ccc1OP(O)O. The van der Waals surface area contributed by atoms with Crippen LogP contribution in [-0.2, 0) is 5.41 Å². The molecule has 0 unspecified atom stereocenters. The fourth-order valence-corrected chi connectivity index (χ4v) is 1.69. The second kappa shape index (κ2) is 4.48. The van der Waals surface area contributed by atoms with Crippen LogP contribution >= 0.6 is 8.60 Å². The van der Waals surface area contributed by atoms with Gasteiger partial charge in [-0.2, -0.15) is 0 Å². The van der Waals surface area contributed by atoms with Gasteiger partial charge in [0.2, 0.25) is 0 Å². The number of benzene rings is 1. The van der Waals surface area contributed by atoms with Gasteiger partial charge in [-0.15, -0.1) is 0 Å². The van der Waals surface area contributed by atoms with Gasteiger partial charge in [-0.25, -0.2) is 0 Å². The van der Waals surface area contributed by atoms with Crippen molar-refractivity contribution in [1.29, 1.82) is 0 Å². The highest BCUT2D eigenvalue weighted by molar-refractivity contribution is 7.39. The van der Waals surface area contributed by atoms with E-state index in [1.165, 1.54) is 5.56 Å². The Hall–Kier alpha value is -0.630. The molecule has 0 aliphatic rings. The lowest BCUT2D eigenvalue weighted by molar-refractivity contribution is 0.374. The topological polar surface area (TPSA) is 49.7 Å². The zero-order valence-electron chi connectivity index (χ0n) is 9.48. The molecule has 84 valence electrons. The second-order valence-corrected chi connectivity index (χ2v) is 5.26. The largest absolute Gasteiger partial charge is 0.427 e. The van der Waals surface area contributed by atoms with E-state index in [0.717, 1.165) is 5.56 Å². The highest BCUT2D eigenvalue weighted by Gasteiger charge is 2.15. The van der Waals surface area contributed by atoms with Crippen LogP contribution in [0.25, 0.3) is 0 Å². The van der Waals surface area contributed by atoms with E-state index in [4.69, 9.17) is 14.3 Å². The van der Waals surface area contributed by atoms with Gasteiger partial charge < -0.3 is 14.3 Å². The first-order valence-electron chi connectivity index (χ1n) is 4.77. The Balaban J connectivity index is 2.98. The van der Waals surface area contributed by atoms with Crippen LogP contribution < -0.4 is 4.52 Å². The van der Waals surface area contributed by atoms with E-state index in [1.54, 1.807) is 6.07 Å². The van der Waals surface area contributed by atoms with Crippen LogP contribution in [0.2, 0.25) is 0 Å². The monoisotopic (exact) mass is 228 g/mol. The molecule has 15 heavy (non-hydrogen) atoms. The second-order valence-electron chi connectivity index (χ2n) is 4.57. The van der Waals surface area contributed by atoms with E-state index < -0.39 is 8.60 Å². The van der Waals surface area contributed by atoms with Crippen LogP contribution in [0.5, 0.6) is 5.75 Å². The van der Waals surface area contributed by atoms with Gasteiger partial charge >= 0.3 is 8.60 Å². The quantitative estimate of drug-likeness (QED) is 0.765. The molecule has 0 aliphatic carbocycles. The van der Waals surface area contributed by atoms with Crippen molar-refractivity contribution in [3.05, 3.63) is 29.3 Å². The minimum Gasteiger partial charge on any atom is -0.427 e. The zero-order valence-corrected chi connectivity index (χ0v) is 10.4. The molecular weight excluding hydrogens is 211 g/mol. The first kappa shape index (κ1) is 12.4. The van der Waals surface area contributed by atoms with Gasteiger partial charge in [-0.05, 0) is 29.5 Å². The predicted molar refractivity (Wildman–Crippen MR) is 61.9 cm³/mol. The van der Waals surface area contributed by atoms with Crippen LogP contribution in [0.15, 0.2) is 18.2 Å². The molecular formula is C11H17O3P. The van der Waals surface area contributed by atoms with Gasteiger partial charge in [0.05, 0.1) is 0 Å². The summed E-state index contributed by atoms with van der Waals surface area (Å²) in [6.45, 7) is 8.29. The minimum absolute atomic E-state index is 0.0897. The summed E-state index contributed by atoms with van der Waals surface area (Å²) in [6, 6.07) is 5.73. The standard InChI is InChI=1S/C11H17O3P/c1-8-7-9(11(2,3)4)5-6-10(8)14-15(12)13/h5-7,12-13H,1-4H3. The Labute approximate surface area is 91.7 Å². The average molecular weight is 228 g/mol. The van der Waals surface area contributed by atoms with Gasteiger partial charge in [-0.1, -0.05) is 32.9 Å². The minimum atomic E-state index is -2.33. The maximum atomic E-state index is 8.76. The average Bonchev–Trinajstić information content (AvgIpc) is 2.05. The fourth-order valence-electron chi connectivity index (χ4n) is 1.31. The summed E-state index contributed by atoms with van der Waals surface area (Å²) in [5, 5.41) is 0. The summed E-state index contributed by atoms with van der Waals surface area (Å²) in [7, 11) is -2.33. The van der Waals surface area contributed by atoms with Crippen molar-refractivity contribution in [2.75, 3.05) is 0 Å². The Morgan fingerprint density at radius 2 is 1.80 bits per heavy atom. The lowest BCUT2D eigenvalue weighted by Crippen LogP contribution is -2.11. The van der Waals surface area contributed by atoms with Crippen molar-refractivity contribution in [3.8, 4) is 5.75 Å². The van der Waals surface area contributed by atoms with Crippen molar-refractivity contribution < 1.29 is 14.3 Å². The molecule has 1 aromatic carbocycles. The lowest BCUT2D eigenvalue weighted by atomic mass is 9.86. The van der Waals surface area contributed by atoms with Gasteiger partial charge in [0.25, 0.3) is 0 Å². The van der Waals surface area contributed by atoms with Crippen molar-refractivity contribution in [2.45, 2.75) is 33.1 Å². The van der Waals surface area contributed by atoms with Crippen LogP contribution in [0, 0.1) is 6.92 Å². The highest BCUT2D eigenvalue weighted by atomic mass is 31.2. The third-order valence-corrected chi connectivity index (χ3v) is 2.58. The van der Waals surface area contributed by atoms with Crippen molar-refractivity contribution in [1.82, 2.24) is 0 Å². The summed E-state index contributed by atoms with van der Waals surface area (Å²) < 4.78 is 4.89. The summed E-state index contributed by atoms with van der Waals surface area (Å²) in [6.07, 6.45) is 0. The fraction of sp³-hybridized carbons (Fsp3) is 0.455. The molecule has 0 aliphatic heterocycles. The molecule has 0 heterocycles. The maximum Gasteiger partial charge on any atom is 0.391 e. The molecule has 3 nitrogen and oxygen atoms in total. The molecule has 0 fully saturated rings. The van der Waals surface area contributed by atoms with Crippen molar-refractivity contribution in [3.63, 3.8) is 0 Å². The molecule has 0 radical (unpaired) electrons. The van der Waals surface area contributed by atoms with Crippen LogP contribution in [-0.4, -0.2) is 9.79 Å². The van der Waals surface area contributed by atoms with Crippen LogP contribution in [0.3, 0.4) is 0 Å². The van der Waals surface area contributed by atoms with Crippen LogP contribution in [0.1, 0.15) is 31.9 Å². The van der Waals surface area contributed by atoms with E-state index in [9.17, 15) is 0 Å². The van der Waals surface area contributed by atoms with E-state index >= 15 is 0 Å². The van der Waals surface area contributed by atoms with Gasteiger partial charge in [0, 0.05) is 0 Å². The predicted octanol–water partition coefficient (Wildman–Crippen LogP) is 2.88. The summed E-state index contributed by atoms with van der Waals surface area (Å²) >= 11 is 0. The normalized spacial score (nSPS) is 11.9. The van der Waals surface area contributed by atoms with E-state index in [1.807, 2.05) is 19.1 Å². The molecule has 0 saturated heterocycles. The number of rotatable bonds is 2. The molecule has 0 bridgehead atoms. The van der Waals surface area contributed by atoms with Gasteiger partial charge in [0.15, 0.2) is 0 Å².